The normalized spacial score (nSPS) is 35.1. The molecule has 3 N–H and O–H groups in total. The minimum Gasteiger partial charge on any atom is -0.346 e. The molecule has 0 aromatic heterocycles. The molecule has 4 atom stereocenters. The summed E-state index contributed by atoms with van der Waals surface area (Å²) in [6, 6.07) is 18.1. The Kier molecular flexibility index (Phi) is 3.14. The van der Waals surface area contributed by atoms with Gasteiger partial charge in [-0.25, -0.2) is 0 Å². The average Bonchev–Trinajstić information content (AvgIpc) is 2.96. The van der Waals surface area contributed by atoms with Crippen LogP contribution >= 0.6 is 0 Å². The monoisotopic (exact) mass is 332 g/mol. The fourth-order valence-electron chi connectivity index (χ4n) is 5.93. The summed E-state index contributed by atoms with van der Waals surface area (Å²) in [4.78, 5) is 13.0. The molecule has 4 aliphatic rings. The molecule has 4 aliphatic carbocycles. The maximum Gasteiger partial charge on any atom is 0.251 e. The number of rotatable bonds is 3. The highest BCUT2D eigenvalue weighted by molar-refractivity contribution is 5.96. The quantitative estimate of drug-likeness (QED) is 0.899. The summed E-state index contributed by atoms with van der Waals surface area (Å²) in [7, 11) is 0. The van der Waals surface area contributed by atoms with Gasteiger partial charge in [-0.05, 0) is 67.2 Å². The summed E-state index contributed by atoms with van der Waals surface area (Å²) in [5, 5.41) is 3.42. The Hall–Kier alpha value is -2.13. The molecule has 0 heterocycles. The van der Waals surface area contributed by atoms with E-state index in [4.69, 9.17) is 5.73 Å². The average molecular weight is 332 g/mol. The SMILES string of the molecule is NC12CC3CC(C1)C(NC(=O)c1cccc(-c4ccccc4)c1)(C3)C2. The number of carbonyl (C=O) groups is 1. The molecule has 3 nitrogen and oxygen atoms in total. The Bertz CT molecular complexity index is 833. The Morgan fingerprint density at radius 2 is 1.80 bits per heavy atom. The van der Waals surface area contributed by atoms with E-state index in [9.17, 15) is 4.79 Å². The highest BCUT2D eigenvalue weighted by Crippen LogP contribution is 2.61. The first-order valence-corrected chi connectivity index (χ1v) is 9.32. The number of benzene rings is 2. The third-order valence-electron chi connectivity index (χ3n) is 6.66. The predicted molar refractivity (Wildman–Crippen MR) is 99.1 cm³/mol. The predicted octanol–water partition coefficient (Wildman–Crippen LogP) is 3.74. The van der Waals surface area contributed by atoms with Crippen molar-refractivity contribution in [3.8, 4) is 11.1 Å². The first-order chi connectivity index (χ1) is 12.1. The van der Waals surface area contributed by atoms with Gasteiger partial charge in [0.2, 0.25) is 0 Å². The number of amides is 1. The lowest BCUT2D eigenvalue weighted by molar-refractivity contribution is 0.0871. The first kappa shape index (κ1) is 15.2. The molecule has 2 aromatic rings. The van der Waals surface area contributed by atoms with Crippen LogP contribution in [0.3, 0.4) is 0 Å². The summed E-state index contributed by atoms with van der Waals surface area (Å²) in [6.07, 6.45) is 5.52. The van der Waals surface area contributed by atoms with Crippen LogP contribution < -0.4 is 11.1 Å². The fourth-order valence-corrected chi connectivity index (χ4v) is 5.93. The molecule has 6 rings (SSSR count). The Morgan fingerprint density at radius 3 is 2.60 bits per heavy atom. The Labute approximate surface area is 148 Å². The minimum atomic E-state index is -0.0580. The van der Waals surface area contributed by atoms with Crippen molar-refractivity contribution in [2.45, 2.75) is 43.2 Å². The van der Waals surface area contributed by atoms with Crippen molar-refractivity contribution in [2.24, 2.45) is 17.6 Å². The van der Waals surface area contributed by atoms with Crippen LogP contribution in [0.25, 0.3) is 11.1 Å². The first-order valence-electron chi connectivity index (χ1n) is 9.32. The van der Waals surface area contributed by atoms with E-state index in [1.54, 1.807) is 0 Å². The molecule has 0 radical (unpaired) electrons. The van der Waals surface area contributed by atoms with E-state index in [2.05, 4.69) is 23.5 Å². The molecular weight excluding hydrogens is 308 g/mol. The van der Waals surface area contributed by atoms with Gasteiger partial charge < -0.3 is 11.1 Å². The lowest BCUT2D eigenvalue weighted by Crippen LogP contribution is -2.53. The summed E-state index contributed by atoms with van der Waals surface area (Å²) < 4.78 is 0. The van der Waals surface area contributed by atoms with Crippen LogP contribution in [0.5, 0.6) is 0 Å². The van der Waals surface area contributed by atoms with Gasteiger partial charge in [-0.2, -0.15) is 0 Å². The van der Waals surface area contributed by atoms with Gasteiger partial charge in [-0.1, -0.05) is 42.5 Å². The smallest absolute Gasteiger partial charge is 0.251 e. The number of hydrogen-bond donors (Lipinski definition) is 2. The number of nitrogens with two attached hydrogens (primary N) is 1. The van der Waals surface area contributed by atoms with Crippen LogP contribution in [-0.2, 0) is 0 Å². The highest BCUT2D eigenvalue weighted by atomic mass is 16.1. The molecule has 128 valence electrons. The molecule has 0 aliphatic heterocycles. The number of nitrogens with one attached hydrogen (secondary N) is 1. The van der Waals surface area contributed by atoms with Gasteiger partial charge in [0.25, 0.3) is 5.91 Å². The molecule has 1 amide bonds. The van der Waals surface area contributed by atoms with E-state index in [1.165, 1.54) is 6.42 Å². The van der Waals surface area contributed by atoms with Crippen molar-refractivity contribution in [1.82, 2.24) is 5.32 Å². The topological polar surface area (TPSA) is 55.1 Å². The van der Waals surface area contributed by atoms with Gasteiger partial charge in [-0.15, -0.1) is 0 Å². The van der Waals surface area contributed by atoms with E-state index in [1.807, 2.05) is 36.4 Å². The maximum absolute atomic E-state index is 13.0. The van der Waals surface area contributed by atoms with Crippen molar-refractivity contribution < 1.29 is 4.79 Å². The van der Waals surface area contributed by atoms with Crippen molar-refractivity contribution in [3.05, 3.63) is 60.2 Å². The Balaban J connectivity index is 1.41. The second-order valence-corrected chi connectivity index (χ2v) is 8.51. The zero-order chi connectivity index (χ0) is 17.1. The summed E-state index contributed by atoms with van der Waals surface area (Å²) in [6.45, 7) is 0. The van der Waals surface area contributed by atoms with E-state index < -0.39 is 0 Å². The van der Waals surface area contributed by atoms with Gasteiger partial charge in [0.1, 0.15) is 0 Å². The van der Waals surface area contributed by atoms with Gasteiger partial charge in [0.05, 0.1) is 0 Å². The van der Waals surface area contributed by atoms with E-state index in [-0.39, 0.29) is 17.0 Å². The van der Waals surface area contributed by atoms with Gasteiger partial charge in [0, 0.05) is 16.6 Å². The van der Waals surface area contributed by atoms with E-state index in [0.29, 0.717) is 11.8 Å². The number of hydrogen-bond acceptors (Lipinski definition) is 2. The van der Waals surface area contributed by atoms with Gasteiger partial charge in [0.15, 0.2) is 0 Å². The van der Waals surface area contributed by atoms with Crippen LogP contribution in [0.1, 0.15) is 42.5 Å². The summed E-state index contributed by atoms with van der Waals surface area (Å²) in [5.74, 6) is 1.32. The molecule has 0 spiro atoms. The summed E-state index contributed by atoms with van der Waals surface area (Å²) >= 11 is 0. The molecular formula is C22H24N2O. The zero-order valence-electron chi connectivity index (χ0n) is 14.4. The summed E-state index contributed by atoms with van der Waals surface area (Å²) in [5.41, 5.74) is 9.44. The molecule has 2 aromatic carbocycles. The highest BCUT2D eigenvalue weighted by Gasteiger charge is 2.63. The van der Waals surface area contributed by atoms with Crippen LogP contribution in [0, 0.1) is 11.8 Å². The third-order valence-corrected chi connectivity index (χ3v) is 6.66. The van der Waals surface area contributed by atoms with Crippen LogP contribution in [0.4, 0.5) is 0 Å². The minimum absolute atomic E-state index is 0.0367. The lowest BCUT2D eigenvalue weighted by atomic mass is 9.75. The number of carbonyl (C=O) groups excluding carboxylic acids is 1. The fraction of sp³-hybridized carbons (Fsp3) is 0.409. The van der Waals surface area contributed by atoms with Crippen molar-refractivity contribution in [3.63, 3.8) is 0 Å². The standard InChI is InChI=1S/C22H24N2O/c23-21-11-15-9-19(13-21)22(12-15,14-21)24-20(25)18-8-4-7-17(10-18)16-5-2-1-3-6-16/h1-8,10,15,19H,9,11-14,23H2,(H,24,25). The van der Waals surface area contributed by atoms with Crippen molar-refractivity contribution >= 4 is 5.91 Å². The molecule has 4 fully saturated rings. The Morgan fingerprint density at radius 1 is 1.00 bits per heavy atom. The zero-order valence-corrected chi connectivity index (χ0v) is 14.4. The van der Waals surface area contributed by atoms with Crippen LogP contribution in [0.2, 0.25) is 0 Å². The van der Waals surface area contributed by atoms with Gasteiger partial charge in [-0.3, -0.25) is 4.79 Å². The van der Waals surface area contributed by atoms with Crippen LogP contribution in [-0.4, -0.2) is 17.0 Å². The second kappa shape index (κ2) is 5.18. The largest absolute Gasteiger partial charge is 0.346 e. The molecule has 4 unspecified atom stereocenters. The molecule has 4 bridgehead atoms. The second-order valence-electron chi connectivity index (χ2n) is 8.51. The molecule has 25 heavy (non-hydrogen) atoms. The molecule has 4 saturated carbocycles. The van der Waals surface area contributed by atoms with Crippen molar-refractivity contribution in [2.75, 3.05) is 0 Å². The molecule has 0 saturated heterocycles. The van der Waals surface area contributed by atoms with E-state index >= 15 is 0 Å². The van der Waals surface area contributed by atoms with Crippen LogP contribution in [0.15, 0.2) is 54.6 Å². The third kappa shape index (κ3) is 2.41. The molecule has 3 heteroatoms. The van der Waals surface area contributed by atoms with Gasteiger partial charge >= 0.3 is 0 Å². The van der Waals surface area contributed by atoms with E-state index in [0.717, 1.165) is 42.4 Å². The maximum atomic E-state index is 13.0. The lowest BCUT2D eigenvalue weighted by Gasteiger charge is -2.38. The van der Waals surface area contributed by atoms with Crippen molar-refractivity contribution in [1.29, 1.82) is 0 Å².